The Morgan fingerprint density at radius 2 is 1.51 bits per heavy atom. The highest BCUT2D eigenvalue weighted by Gasteiger charge is 2.72. The standard InChI is InChI=1S/C24H22F6O4S/c1-2-15-4-3-5-19(21(15)22(33,23(25,26)27)24(28,29)30)20-8-14(13-35-20)12-34-18-7-6-16(10-31)17(9-18)11-32/h3-9,13,31-33H,2,10-12H2,1H3. The zero-order valence-corrected chi connectivity index (χ0v) is 19.2. The smallest absolute Gasteiger partial charge is 0.430 e. The molecule has 0 aliphatic rings. The minimum absolute atomic E-state index is 0.0501. The largest absolute Gasteiger partial charge is 0.489 e. The van der Waals surface area contributed by atoms with E-state index < -0.39 is 23.5 Å². The zero-order chi connectivity index (χ0) is 26.0. The Morgan fingerprint density at radius 3 is 2.09 bits per heavy atom. The van der Waals surface area contributed by atoms with Gasteiger partial charge in [0.1, 0.15) is 12.4 Å². The van der Waals surface area contributed by atoms with E-state index in [1.54, 1.807) is 12.1 Å². The summed E-state index contributed by atoms with van der Waals surface area (Å²) in [5, 5.41) is 30.3. The van der Waals surface area contributed by atoms with E-state index in [1.807, 2.05) is 0 Å². The van der Waals surface area contributed by atoms with Gasteiger partial charge in [0.15, 0.2) is 0 Å². The Kier molecular flexibility index (Phi) is 7.85. The number of aliphatic hydroxyl groups excluding tert-OH is 2. The predicted molar refractivity (Wildman–Crippen MR) is 118 cm³/mol. The second kappa shape index (κ2) is 10.2. The van der Waals surface area contributed by atoms with Crippen molar-refractivity contribution in [2.75, 3.05) is 0 Å². The lowest BCUT2D eigenvalue weighted by Gasteiger charge is -2.35. The summed E-state index contributed by atoms with van der Waals surface area (Å²) in [6.07, 6.45) is -12.2. The van der Waals surface area contributed by atoms with Gasteiger partial charge in [0.25, 0.3) is 5.60 Å². The fourth-order valence-corrected chi connectivity index (χ4v) is 4.66. The highest BCUT2D eigenvalue weighted by molar-refractivity contribution is 7.13. The maximum absolute atomic E-state index is 13.7. The maximum Gasteiger partial charge on any atom is 0.430 e. The van der Waals surface area contributed by atoms with E-state index in [1.165, 1.54) is 30.5 Å². The van der Waals surface area contributed by atoms with Gasteiger partial charge in [0.05, 0.1) is 13.2 Å². The second-order valence-corrected chi connectivity index (χ2v) is 8.67. The van der Waals surface area contributed by atoms with Crippen molar-refractivity contribution in [2.24, 2.45) is 0 Å². The van der Waals surface area contributed by atoms with Gasteiger partial charge in [-0.2, -0.15) is 26.3 Å². The van der Waals surface area contributed by atoms with Crippen LogP contribution in [0.5, 0.6) is 5.75 Å². The van der Waals surface area contributed by atoms with Crippen molar-refractivity contribution in [1.82, 2.24) is 0 Å². The third-order valence-electron chi connectivity index (χ3n) is 5.56. The minimum Gasteiger partial charge on any atom is -0.489 e. The molecule has 0 bridgehead atoms. The van der Waals surface area contributed by atoms with Crippen molar-refractivity contribution in [3.05, 3.63) is 75.7 Å². The first-order valence-electron chi connectivity index (χ1n) is 10.4. The van der Waals surface area contributed by atoms with Gasteiger partial charge >= 0.3 is 12.4 Å². The molecule has 0 saturated carbocycles. The molecule has 0 atom stereocenters. The van der Waals surface area contributed by atoms with Gasteiger partial charge in [-0.25, -0.2) is 0 Å². The van der Waals surface area contributed by atoms with Crippen molar-refractivity contribution in [2.45, 2.75) is 51.1 Å². The molecule has 190 valence electrons. The van der Waals surface area contributed by atoms with Gasteiger partial charge in [0.2, 0.25) is 0 Å². The number of aliphatic hydroxyl groups is 3. The summed E-state index contributed by atoms with van der Waals surface area (Å²) in [6, 6.07) is 9.66. The first-order chi connectivity index (χ1) is 16.4. The number of rotatable bonds is 8. The molecule has 0 fully saturated rings. The van der Waals surface area contributed by atoms with Crippen molar-refractivity contribution in [3.8, 4) is 16.2 Å². The van der Waals surface area contributed by atoms with Crippen LogP contribution in [0.3, 0.4) is 0 Å². The van der Waals surface area contributed by atoms with E-state index >= 15 is 0 Å². The lowest BCUT2D eigenvalue weighted by atomic mass is 9.83. The Morgan fingerprint density at radius 1 is 0.857 bits per heavy atom. The van der Waals surface area contributed by atoms with Crippen LogP contribution in [-0.4, -0.2) is 27.7 Å². The molecular weight excluding hydrogens is 498 g/mol. The van der Waals surface area contributed by atoms with Crippen molar-refractivity contribution in [1.29, 1.82) is 0 Å². The minimum atomic E-state index is -6.00. The number of ether oxygens (including phenoxy) is 1. The number of thiophene rings is 1. The molecule has 0 amide bonds. The van der Waals surface area contributed by atoms with Crippen LogP contribution in [0.15, 0.2) is 47.8 Å². The SMILES string of the molecule is CCc1cccc(-c2cc(COc3ccc(CO)c(CO)c3)cs2)c1C(O)(C(F)(F)F)C(F)(F)F. The third-order valence-corrected chi connectivity index (χ3v) is 6.57. The van der Waals surface area contributed by atoms with Crippen LogP contribution in [0.1, 0.15) is 34.7 Å². The molecule has 0 radical (unpaired) electrons. The molecule has 3 N–H and O–H groups in total. The van der Waals surface area contributed by atoms with Crippen molar-refractivity contribution >= 4 is 11.3 Å². The summed E-state index contributed by atoms with van der Waals surface area (Å²) < 4.78 is 87.9. The fraction of sp³-hybridized carbons (Fsp3) is 0.333. The molecule has 0 saturated heterocycles. The molecule has 3 rings (SSSR count). The van der Waals surface area contributed by atoms with Gasteiger partial charge in [-0.15, -0.1) is 11.3 Å². The van der Waals surface area contributed by atoms with E-state index in [4.69, 9.17) is 4.74 Å². The Bertz CT molecular complexity index is 1160. The first-order valence-corrected chi connectivity index (χ1v) is 11.3. The molecular formula is C24H22F6O4S. The number of hydrogen-bond acceptors (Lipinski definition) is 5. The maximum atomic E-state index is 13.7. The molecule has 0 aliphatic carbocycles. The van der Waals surface area contributed by atoms with Crippen molar-refractivity contribution < 1.29 is 46.4 Å². The molecule has 4 nitrogen and oxygen atoms in total. The van der Waals surface area contributed by atoms with Gasteiger partial charge in [0, 0.05) is 16.0 Å². The van der Waals surface area contributed by atoms with Crippen LogP contribution < -0.4 is 4.74 Å². The summed E-state index contributed by atoms with van der Waals surface area (Å²) >= 11 is 0.923. The highest BCUT2D eigenvalue weighted by atomic mass is 32.1. The summed E-state index contributed by atoms with van der Waals surface area (Å²) in [5.41, 5.74) is -5.46. The van der Waals surface area contributed by atoms with Crippen LogP contribution in [0, 0.1) is 0 Å². The van der Waals surface area contributed by atoms with E-state index in [9.17, 15) is 41.7 Å². The van der Waals surface area contributed by atoms with Crippen LogP contribution in [0.25, 0.3) is 10.4 Å². The Balaban J connectivity index is 1.99. The normalized spacial score (nSPS) is 12.7. The number of benzene rings is 2. The molecule has 0 aliphatic heterocycles. The molecule has 2 aromatic carbocycles. The van der Waals surface area contributed by atoms with Gasteiger partial charge in [-0.3, -0.25) is 0 Å². The summed E-state index contributed by atoms with van der Waals surface area (Å²) in [7, 11) is 0. The van der Waals surface area contributed by atoms with Crippen LogP contribution >= 0.6 is 11.3 Å². The van der Waals surface area contributed by atoms with Crippen molar-refractivity contribution in [3.63, 3.8) is 0 Å². The quantitative estimate of drug-likeness (QED) is 0.326. The molecule has 0 unspecified atom stereocenters. The van der Waals surface area contributed by atoms with E-state index in [-0.39, 0.29) is 42.2 Å². The molecule has 11 heteroatoms. The van der Waals surface area contributed by atoms with E-state index in [0.717, 1.165) is 23.5 Å². The average Bonchev–Trinajstić information content (AvgIpc) is 3.28. The molecule has 0 spiro atoms. The molecule has 1 aromatic heterocycles. The number of alkyl halides is 6. The fourth-order valence-electron chi connectivity index (χ4n) is 3.72. The first kappa shape index (κ1) is 27.0. The van der Waals surface area contributed by atoms with E-state index in [0.29, 0.717) is 22.4 Å². The summed E-state index contributed by atoms with van der Waals surface area (Å²) in [5.74, 6) is 0.358. The van der Waals surface area contributed by atoms with Crippen LogP contribution in [0.4, 0.5) is 26.3 Å². The number of hydrogen-bond donors (Lipinski definition) is 3. The molecule has 3 aromatic rings. The Hall–Kier alpha value is -2.60. The van der Waals surface area contributed by atoms with Gasteiger partial charge < -0.3 is 20.1 Å². The lowest BCUT2D eigenvalue weighted by Crippen LogP contribution is -2.54. The average molecular weight is 520 g/mol. The van der Waals surface area contributed by atoms with Gasteiger partial charge in [-0.1, -0.05) is 31.2 Å². The molecule has 35 heavy (non-hydrogen) atoms. The number of aryl methyl sites for hydroxylation is 1. The third kappa shape index (κ3) is 5.18. The second-order valence-electron chi connectivity index (χ2n) is 7.75. The summed E-state index contributed by atoms with van der Waals surface area (Å²) in [6.45, 7) is 0.761. The monoisotopic (exact) mass is 520 g/mol. The topological polar surface area (TPSA) is 69.9 Å². The Labute approximate surface area is 201 Å². The lowest BCUT2D eigenvalue weighted by molar-refractivity contribution is -0.376. The summed E-state index contributed by atoms with van der Waals surface area (Å²) in [4.78, 5) is 0.104. The zero-order valence-electron chi connectivity index (χ0n) is 18.4. The predicted octanol–water partition coefficient (Wildman–Crippen LogP) is 5.85. The van der Waals surface area contributed by atoms with Gasteiger partial charge in [-0.05, 0) is 52.3 Å². The highest BCUT2D eigenvalue weighted by Crippen LogP contribution is 2.53. The van der Waals surface area contributed by atoms with Crippen LogP contribution in [0.2, 0.25) is 0 Å². The number of halogens is 6. The van der Waals surface area contributed by atoms with E-state index in [2.05, 4.69) is 0 Å². The van der Waals surface area contributed by atoms with Crippen LogP contribution in [-0.2, 0) is 31.8 Å². The molecule has 1 heterocycles.